The van der Waals surface area contributed by atoms with Crippen LogP contribution in [0.4, 0.5) is 0 Å². The first kappa shape index (κ1) is 14.1. The number of hydrogen-bond acceptors (Lipinski definition) is 3. The number of aromatic nitrogens is 2. The van der Waals surface area contributed by atoms with Crippen molar-refractivity contribution in [3.8, 4) is 0 Å². The van der Waals surface area contributed by atoms with E-state index in [9.17, 15) is 4.79 Å². The lowest BCUT2D eigenvalue weighted by atomic mass is 10.2. The molecule has 1 fully saturated rings. The van der Waals surface area contributed by atoms with Crippen molar-refractivity contribution < 1.29 is 4.79 Å². The number of benzene rings is 1. The second-order valence-electron chi connectivity index (χ2n) is 5.71. The summed E-state index contributed by atoms with van der Waals surface area (Å²) in [6, 6.07) is 8.26. The lowest BCUT2D eigenvalue weighted by Crippen LogP contribution is -2.41. The maximum absolute atomic E-state index is 12.1. The highest BCUT2D eigenvalue weighted by Gasteiger charge is 2.27. The average molecular weight is 286 g/mol. The number of nitrogens with one attached hydrogen (secondary N) is 1. The number of likely N-dealkylation sites (tertiary alicyclic amines) is 1. The Balaban J connectivity index is 1.47. The molecule has 1 atom stereocenters. The third kappa shape index (κ3) is 3.08. The average Bonchev–Trinajstić information content (AvgIpc) is 3.10. The quantitative estimate of drug-likeness (QED) is 0.850. The third-order valence-corrected chi connectivity index (χ3v) is 4.22. The summed E-state index contributed by atoms with van der Waals surface area (Å²) in [7, 11) is 2.02. The van der Waals surface area contributed by atoms with Crippen molar-refractivity contribution in [1.82, 2.24) is 20.0 Å². The van der Waals surface area contributed by atoms with E-state index in [0.29, 0.717) is 6.54 Å². The van der Waals surface area contributed by atoms with Gasteiger partial charge >= 0.3 is 0 Å². The molecule has 0 aliphatic carbocycles. The minimum absolute atomic E-state index is 0.0653. The predicted octanol–water partition coefficient (Wildman–Crippen LogP) is 1.64. The molecule has 1 aromatic carbocycles. The van der Waals surface area contributed by atoms with E-state index in [1.54, 1.807) is 0 Å². The molecule has 21 heavy (non-hydrogen) atoms. The largest absolute Gasteiger partial charge is 0.355 e. The summed E-state index contributed by atoms with van der Waals surface area (Å²) in [4.78, 5) is 14.2. The van der Waals surface area contributed by atoms with Crippen LogP contribution < -0.4 is 5.32 Å². The molecular formula is C16H22N4O. The van der Waals surface area contributed by atoms with E-state index in [4.69, 9.17) is 0 Å². The zero-order chi connectivity index (χ0) is 14.7. The molecule has 1 saturated heterocycles. The minimum Gasteiger partial charge on any atom is -0.355 e. The Morgan fingerprint density at radius 2 is 2.29 bits per heavy atom. The maximum Gasteiger partial charge on any atom is 0.237 e. The number of amides is 1. The first-order chi connectivity index (χ1) is 10.3. The van der Waals surface area contributed by atoms with Gasteiger partial charge in [0.15, 0.2) is 0 Å². The number of likely N-dealkylation sites (N-methyl/N-ethyl adjacent to an activating group) is 1. The molecule has 1 amide bonds. The van der Waals surface area contributed by atoms with Crippen LogP contribution in [0, 0.1) is 0 Å². The van der Waals surface area contributed by atoms with Gasteiger partial charge < -0.3 is 5.32 Å². The van der Waals surface area contributed by atoms with Gasteiger partial charge in [0.25, 0.3) is 0 Å². The molecule has 1 aliphatic heterocycles. The predicted molar refractivity (Wildman–Crippen MR) is 83.0 cm³/mol. The van der Waals surface area contributed by atoms with Gasteiger partial charge in [-0.15, -0.1) is 0 Å². The van der Waals surface area contributed by atoms with Crippen molar-refractivity contribution in [2.24, 2.45) is 0 Å². The van der Waals surface area contributed by atoms with E-state index < -0.39 is 0 Å². The molecule has 3 rings (SSSR count). The molecule has 2 aromatic rings. The molecule has 0 radical (unpaired) electrons. The van der Waals surface area contributed by atoms with Crippen molar-refractivity contribution in [1.29, 1.82) is 0 Å². The van der Waals surface area contributed by atoms with E-state index in [1.165, 1.54) is 0 Å². The van der Waals surface area contributed by atoms with Gasteiger partial charge in [0.05, 0.1) is 17.8 Å². The Bertz CT molecular complexity index is 622. The van der Waals surface area contributed by atoms with Gasteiger partial charge in [-0.05, 0) is 38.9 Å². The molecule has 0 spiro atoms. The number of carbonyl (C=O) groups is 1. The molecule has 1 N–H and O–H groups in total. The van der Waals surface area contributed by atoms with Crippen LogP contribution in [0.2, 0.25) is 0 Å². The third-order valence-electron chi connectivity index (χ3n) is 4.22. The lowest BCUT2D eigenvalue weighted by molar-refractivity contribution is -0.125. The summed E-state index contributed by atoms with van der Waals surface area (Å²) >= 11 is 0. The Kier molecular flexibility index (Phi) is 4.20. The molecule has 1 aromatic heterocycles. The molecule has 1 aliphatic rings. The minimum atomic E-state index is 0.0653. The first-order valence-electron chi connectivity index (χ1n) is 7.64. The van der Waals surface area contributed by atoms with E-state index in [2.05, 4.69) is 27.4 Å². The van der Waals surface area contributed by atoms with E-state index in [1.807, 2.05) is 30.1 Å². The summed E-state index contributed by atoms with van der Waals surface area (Å²) in [5, 5.41) is 8.60. The summed E-state index contributed by atoms with van der Waals surface area (Å²) in [5.74, 6) is 0.167. The summed E-state index contributed by atoms with van der Waals surface area (Å²) in [5.41, 5.74) is 1.15. The summed E-state index contributed by atoms with van der Waals surface area (Å²) in [6.07, 6.45) is 4.88. The Labute approximate surface area is 124 Å². The van der Waals surface area contributed by atoms with Gasteiger partial charge in [-0.25, -0.2) is 0 Å². The molecule has 5 nitrogen and oxygen atoms in total. The number of hydrogen-bond donors (Lipinski definition) is 1. The van der Waals surface area contributed by atoms with Crippen LogP contribution in [0.25, 0.3) is 10.9 Å². The molecule has 0 bridgehead atoms. The molecule has 0 saturated carbocycles. The highest BCUT2D eigenvalue weighted by Crippen LogP contribution is 2.15. The van der Waals surface area contributed by atoms with Crippen LogP contribution in [-0.2, 0) is 11.3 Å². The van der Waals surface area contributed by atoms with Gasteiger partial charge in [0.2, 0.25) is 5.91 Å². The fraction of sp³-hybridized carbons (Fsp3) is 0.500. The molecular weight excluding hydrogens is 264 g/mol. The van der Waals surface area contributed by atoms with Crippen LogP contribution in [0.15, 0.2) is 30.5 Å². The number of para-hydroxylation sites is 1. The summed E-state index contributed by atoms with van der Waals surface area (Å²) < 4.78 is 2.00. The molecule has 112 valence electrons. The number of rotatable bonds is 5. The fourth-order valence-electron chi connectivity index (χ4n) is 3.00. The lowest BCUT2D eigenvalue weighted by Gasteiger charge is -2.18. The maximum atomic E-state index is 12.1. The Hall–Kier alpha value is -1.88. The van der Waals surface area contributed by atoms with Gasteiger partial charge in [0, 0.05) is 18.5 Å². The second-order valence-corrected chi connectivity index (χ2v) is 5.71. The van der Waals surface area contributed by atoms with Gasteiger partial charge in [-0.2, -0.15) is 5.10 Å². The fourth-order valence-corrected chi connectivity index (χ4v) is 3.00. The highest BCUT2D eigenvalue weighted by molar-refractivity contribution is 5.82. The smallest absolute Gasteiger partial charge is 0.237 e. The van der Waals surface area contributed by atoms with Crippen molar-refractivity contribution >= 4 is 16.8 Å². The van der Waals surface area contributed by atoms with Crippen LogP contribution in [0.3, 0.4) is 0 Å². The normalized spacial score (nSPS) is 19.2. The van der Waals surface area contributed by atoms with Crippen molar-refractivity contribution in [3.63, 3.8) is 0 Å². The van der Waals surface area contributed by atoms with Gasteiger partial charge in [-0.3, -0.25) is 14.4 Å². The van der Waals surface area contributed by atoms with Crippen LogP contribution in [0.5, 0.6) is 0 Å². The van der Waals surface area contributed by atoms with Crippen molar-refractivity contribution in [3.05, 3.63) is 30.5 Å². The van der Waals surface area contributed by atoms with Crippen LogP contribution >= 0.6 is 0 Å². The number of carbonyl (C=O) groups excluding carboxylic acids is 1. The monoisotopic (exact) mass is 286 g/mol. The van der Waals surface area contributed by atoms with Gasteiger partial charge in [-0.1, -0.05) is 18.2 Å². The number of fused-ring (bicyclic) bond motifs is 1. The zero-order valence-electron chi connectivity index (χ0n) is 12.5. The molecule has 0 unspecified atom stereocenters. The van der Waals surface area contributed by atoms with Crippen LogP contribution in [-0.4, -0.2) is 46.8 Å². The number of nitrogens with zero attached hydrogens (tertiary/aromatic N) is 3. The number of aryl methyl sites for hydroxylation is 1. The SMILES string of the molecule is CN1CCC[C@H]1C(=O)NCCCn1ncc2ccccc21. The molecule has 5 heteroatoms. The van der Waals surface area contributed by atoms with E-state index >= 15 is 0 Å². The standard InChI is InChI=1S/C16H22N4O/c1-19-10-4-8-15(19)16(21)17-9-5-11-20-14-7-3-2-6-13(14)12-18-20/h2-3,6-7,12,15H,4-5,8-11H2,1H3,(H,17,21)/t15-/m0/s1. The Morgan fingerprint density at radius 3 is 3.10 bits per heavy atom. The highest BCUT2D eigenvalue weighted by atomic mass is 16.2. The summed E-state index contributed by atoms with van der Waals surface area (Å²) in [6.45, 7) is 2.56. The van der Waals surface area contributed by atoms with E-state index in [-0.39, 0.29) is 11.9 Å². The molecule has 2 heterocycles. The van der Waals surface area contributed by atoms with E-state index in [0.717, 1.165) is 43.3 Å². The topological polar surface area (TPSA) is 50.2 Å². The van der Waals surface area contributed by atoms with Gasteiger partial charge in [0.1, 0.15) is 0 Å². The van der Waals surface area contributed by atoms with Crippen LogP contribution in [0.1, 0.15) is 19.3 Å². The zero-order valence-corrected chi connectivity index (χ0v) is 12.5. The van der Waals surface area contributed by atoms with Crippen molar-refractivity contribution in [2.75, 3.05) is 20.1 Å². The first-order valence-corrected chi connectivity index (χ1v) is 7.64. The Morgan fingerprint density at radius 1 is 1.43 bits per heavy atom. The van der Waals surface area contributed by atoms with Crippen molar-refractivity contribution in [2.45, 2.75) is 31.8 Å². The second kappa shape index (κ2) is 6.26.